The van der Waals surface area contributed by atoms with Crippen LogP contribution in [0, 0.1) is 5.92 Å². The third-order valence-corrected chi connectivity index (χ3v) is 2.87. The molecule has 0 saturated heterocycles. The standard InChI is InChI=1S/C13H15BrO2/c1-9(2)7-11(13(15)16)8-10-3-5-12(14)6-4-10/h3-6,11H,1,7-8H2,2H3,(H,15,16). The summed E-state index contributed by atoms with van der Waals surface area (Å²) in [7, 11) is 0. The van der Waals surface area contributed by atoms with Crippen molar-refractivity contribution in [2.45, 2.75) is 19.8 Å². The van der Waals surface area contributed by atoms with Gasteiger partial charge in [0.05, 0.1) is 5.92 Å². The van der Waals surface area contributed by atoms with Gasteiger partial charge in [-0.05, 0) is 37.5 Å². The van der Waals surface area contributed by atoms with Gasteiger partial charge in [-0.15, -0.1) is 6.58 Å². The second-order valence-electron chi connectivity index (χ2n) is 4.03. The van der Waals surface area contributed by atoms with Crippen LogP contribution in [0.4, 0.5) is 0 Å². The van der Waals surface area contributed by atoms with Crippen LogP contribution < -0.4 is 0 Å². The number of halogens is 1. The smallest absolute Gasteiger partial charge is 0.307 e. The highest BCUT2D eigenvalue weighted by Gasteiger charge is 2.17. The zero-order valence-corrected chi connectivity index (χ0v) is 10.8. The lowest BCUT2D eigenvalue weighted by Crippen LogP contribution is -2.16. The van der Waals surface area contributed by atoms with Gasteiger partial charge in [0.25, 0.3) is 0 Å². The summed E-state index contributed by atoms with van der Waals surface area (Å²) in [6.45, 7) is 5.62. The van der Waals surface area contributed by atoms with E-state index in [4.69, 9.17) is 5.11 Å². The van der Waals surface area contributed by atoms with Crippen molar-refractivity contribution in [1.82, 2.24) is 0 Å². The summed E-state index contributed by atoms with van der Waals surface area (Å²) in [4.78, 5) is 11.1. The molecule has 0 heterocycles. The van der Waals surface area contributed by atoms with Crippen molar-refractivity contribution in [2.75, 3.05) is 0 Å². The predicted octanol–water partition coefficient (Wildman–Crippen LogP) is 3.66. The summed E-state index contributed by atoms with van der Waals surface area (Å²) in [6.07, 6.45) is 1.08. The van der Waals surface area contributed by atoms with Crippen LogP contribution in [0.2, 0.25) is 0 Å². The van der Waals surface area contributed by atoms with Gasteiger partial charge in [0.15, 0.2) is 0 Å². The second-order valence-corrected chi connectivity index (χ2v) is 4.94. The van der Waals surface area contributed by atoms with Crippen LogP contribution in [-0.2, 0) is 11.2 Å². The Morgan fingerprint density at radius 1 is 1.44 bits per heavy atom. The Labute approximate surface area is 104 Å². The van der Waals surface area contributed by atoms with Crippen LogP contribution in [0.1, 0.15) is 18.9 Å². The number of carboxylic acids is 1. The molecule has 0 fully saturated rings. The van der Waals surface area contributed by atoms with Crippen LogP contribution >= 0.6 is 15.9 Å². The Hall–Kier alpha value is -1.09. The van der Waals surface area contributed by atoms with Crippen molar-refractivity contribution in [2.24, 2.45) is 5.92 Å². The van der Waals surface area contributed by atoms with Crippen molar-refractivity contribution in [3.63, 3.8) is 0 Å². The molecule has 0 amide bonds. The molecule has 16 heavy (non-hydrogen) atoms. The van der Waals surface area contributed by atoms with Gasteiger partial charge in [0, 0.05) is 4.47 Å². The highest BCUT2D eigenvalue weighted by atomic mass is 79.9. The number of hydrogen-bond donors (Lipinski definition) is 1. The molecule has 2 nitrogen and oxygen atoms in total. The fourth-order valence-corrected chi connectivity index (χ4v) is 1.84. The normalized spacial score (nSPS) is 12.1. The monoisotopic (exact) mass is 282 g/mol. The van der Waals surface area contributed by atoms with E-state index in [1.807, 2.05) is 31.2 Å². The molecule has 1 N–H and O–H groups in total. The van der Waals surface area contributed by atoms with Gasteiger partial charge in [-0.3, -0.25) is 4.79 Å². The van der Waals surface area contributed by atoms with Crippen molar-refractivity contribution in [3.05, 3.63) is 46.5 Å². The molecule has 0 aliphatic carbocycles. The number of benzene rings is 1. The van der Waals surface area contributed by atoms with Crippen LogP contribution in [0.15, 0.2) is 40.9 Å². The Kier molecular flexibility index (Phi) is 4.74. The third-order valence-electron chi connectivity index (χ3n) is 2.34. The Balaban J connectivity index is 2.71. The highest BCUT2D eigenvalue weighted by molar-refractivity contribution is 9.10. The molecule has 3 heteroatoms. The van der Waals surface area contributed by atoms with Gasteiger partial charge < -0.3 is 5.11 Å². The molecule has 1 aromatic carbocycles. The van der Waals surface area contributed by atoms with Crippen LogP contribution in [0.3, 0.4) is 0 Å². The first-order valence-electron chi connectivity index (χ1n) is 5.10. The summed E-state index contributed by atoms with van der Waals surface area (Å²) in [5, 5.41) is 9.09. The minimum Gasteiger partial charge on any atom is -0.481 e. The van der Waals surface area contributed by atoms with Gasteiger partial charge >= 0.3 is 5.97 Å². The lowest BCUT2D eigenvalue weighted by atomic mass is 9.94. The molecule has 0 aromatic heterocycles. The molecule has 0 aliphatic rings. The second kappa shape index (κ2) is 5.85. The quantitative estimate of drug-likeness (QED) is 0.837. The maximum atomic E-state index is 11.1. The zero-order chi connectivity index (χ0) is 12.1. The van der Waals surface area contributed by atoms with E-state index in [0.717, 1.165) is 15.6 Å². The lowest BCUT2D eigenvalue weighted by Gasteiger charge is -2.12. The maximum Gasteiger partial charge on any atom is 0.307 e. The predicted molar refractivity (Wildman–Crippen MR) is 68.4 cm³/mol. The van der Waals surface area contributed by atoms with E-state index in [1.54, 1.807) is 0 Å². The van der Waals surface area contributed by atoms with E-state index < -0.39 is 5.97 Å². The van der Waals surface area contributed by atoms with Gasteiger partial charge in [0.1, 0.15) is 0 Å². The molecule has 0 spiro atoms. The molecular weight excluding hydrogens is 268 g/mol. The average molecular weight is 283 g/mol. The third kappa shape index (κ3) is 4.19. The summed E-state index contributed by atoms with van der Waals surface area (Å²) in [6, 6.07) is 7.74. The molecule has 86 valence electrons. The summed E-state index contributed by atoms with van der Waals surface area (Å²) in [5.74, 6) is -1.13. The largest absolute Gasteiger partial charge is 0.481 e. The van der Waals surface area contributed by atoms with Crippen LogP contribution in [-0.4, -0.2) is 11.1 Å². The first-order valence-corrected chi connectivity index (χ1v) is 5.90. The van der Waals surface area contributed by atoms with Crippen LogP contribution in [0.5, 0.6) is 0 Å². The summed E-state index contributed by atoms with van der Waals surface area (Å²) >= 11 is 3.35. The Bertz CT molecular complexity index is 381. The van der Waals surface area contributed by atoms with E-state index in [2.05, 4.69) is 22.5 Å². The van der Waals surface area contributed by atoms with E-state index in [0.29, 0.717) is 12.8 Å². The van der Waals surface area contributed by atoms with E-state index >= 15 is 0 Å². The van der Waals surface area contributed by atoms with E-state index in [9.17, 15) is 4.79 Å². The fraction of sp³-hybridized carbons (Fsp3) is 0.308. The average Bonchev–Trinajstić information content (AvgIpc) is 2.19. The van der Waals surface area contributed by atoms with Gasteiger partial charge in [-0.2, -0.15) is 0 Å². The van der Waals surface area contributed by atoms with E-state index in [-0.39, 0.29) is 5.92 Å². The van der Waals surface area contributed by atoms with E-state index in [1.165, 1.54) is 0 Å². The molecule has 0 saturated carbocycles. The van der Waals surface area contributed by atoms with Crippen LogP contribution in [0.25, 0.3) is 0 Å². The number of allylic oxidation sites excluding steroid dienone is 1. The van der Waals surface area contributed by atoms with Crippen molar-refractivity contribution < 1.29 is 9.90 Å². The summed E-state index contributed by atoms with van der Waals surface area (Å²) < 4.78 is 1.00. The molecule has 0 radical (unpaired) electrons. The SMILES string of the molecule is C=C(C)CC(Cc1ccc(Br)cc1)C(=O)O. The topological polar surface area (TPSA) is 37.3 Å². The maximum absolute atomic E-state index is 11.1. The molecule has 1 rings (SSSR count). The highest BCUT2D eigenvalue weighted by Crippen LogP contribution is 2.18. The molecule has 0 bridgehead atoms. The fourth-order valence-electron chi connectivity index (χ4n) is 1.57. The number of hydrogen-bond acceptors (Lipinski definition) is 1. The molecule has 0 aliphatic heterocycles. The minimum absolute atomic E-state index is 0.376. The number of rotatable bonds is 5. The number of aliphatic carboxylic acids is 1. The lowest BCUT2D eigenvalue weighted by molar-refractivity contribution is -0.141. The van der Waals surface area contributed by atoms with Gasteiger partial charge in [-0.25, -0.2) is 0 Å². The van der Waals surface area contributed by atoms with Crippen molar-refractivity contribution in [1.29, 1.82) is 0 Å². The number of carboxylic acid groups (broad SMARTS) is 1. The Morgan fingerprint density at radius 2 is 2.00 bits per heavy atom. The number of carbonyl (C=O) groups is 1. The first kappa shape index (κ1) is 13.0. The first-order chi connectivity index (χ1) is 7.49. The van der Waals surface area contributed by atoms with Gasteiger partial charge in [-0.1, -0.05) is 33.6 Å². The molecule has 1 aromatic rings. The molecular formula is C13H15BrO2. The molecule has 1 unspecified atom stereocenters. The summed E-state index contributed by atoms with van der Waals surface area (Å²) in [5.41, 5.74) is 1.95. The minimum atomic E-state index is -0.758. The zero-order valence-electron chi connectivity index (χ0n) is 9.24. The van der Waals surface area contributed by atoms with Crippen molar-refractivity contribution in [3.8, 4) is 0 Å². The van der Waals surface area contributed by atoms with Crippen molar-refractivity contribution >= 4 is 21.9 Å². The Morgan fingerprint density at radius 3 is 2.44 bits per heavy atom. The molecule has 1 atom stereocenters. The van der Waals surface area contributed by atoms with Gasteiger partial charge in [0.2, 0.25) is 0 Å².